The van der Waals surface area contributed by atoms with E-state index >= 15 is 0 Å². The number of hydrogen-bond donors (Lipinski definition) is 1. The lowest BCUT2D eigenvalue weighted by atomic mass is 9.95. The van der Waals surface area contributed by atoms with Crippen LogP contribution in [0.15, 0.2) is 104 Å². The van der Waals surface area contributed by atoms with E-state index in [-0.39, 0.29) is 11.5 Å². The number of para-hydroxylation sites is 1. The minimum absolute atomic E-state index is 0.192. The zero-order chi connectivity index (χ0) is 25.9. The number of fused-ring (bicyclic) bond motifs is 1. The van der Waals surface area contributed by atoms with Crippen LogP contribution in [0.5, 0.6) is 5.75 Å². The molecule has 0 aliphatic carbocycles. The number of aromatic nitrogens is 1. The molecule has 1 N–H and O–H groups in total. The largest absolute Gasteiger partial charge is 0.494 e. The van der Waals surface area contributed by atoms with Gasteiger partial charge in [-0.2, -0.15) is 0 Å². The Morgan fingerprint density at radius 1 is 1.08 bits per heavy atom. The maximum atomic E-state index is 13.8. The average Bonchev–Trinajstić information content (AvgIpc) is 3.20. The number of carbonyl (C=O) groups excluding carboxylic acids is 1. The Hall–Kier alpha value is -3.75. The molecular weight excluding hydrogens is 550 g/mol. The molecule has 5 rings (SSSR count). The van der Waals surface area contributed by atoms with Gasteiger partial charge in [-0.15, -0.1) is 0 Å². The number of anilines is 1. The summed E-state index contributed by atoms with van der Waals surface area (Å²) in [7, 11) is 0. The summed E-state index contributed by atoms with van der Waals surface area (Å²) in [5, 5.41) is 2.97. The first-order valence-corrected chi connectivity index (χ1v) is 13.4. The predicted octanol–water partition coefficient (Wildman–Crippen LogP) is 5.04. The van der Waals surface area contributed by atoms with Crippen molar-refractivity contribution < 1.29 is 9.53 Å². The molecule has 3 aromatic carbocycles. The molecule has 0 fully saturated rings. The molecule has 0 saturated carbocycles. The van der Waals surface area contributed by atoms with E-state index in [0.29, 0.717) is 32.9 Å². The molecule has 1 amide bonds. The highest BCUT2D eigenvalue weighted by Gasteiger charge is 2.32. The first kappa shape index (κ1) is 24.9. The zero-order valence-corrected chi connectivity index (χ0v) is 22.7. The van der Waals surface area contributed by atoms with Crippen molar-refractivity contribution in [2.24, 2.45) is 4.99 Å². The first-order chi connectivity index (χ1) is 17.9. The van der Waals surface area contributed by atoms with Crippen LogP contribution in [-0.2, 0) is 4.79 Å². The fourth-order valence-electron chi connectivity index (χ4n) is 4.27. The van der Waals surface area contributed by atoms with Crippen molar-refractivity contribution in [1.29, 1.82) is 0 Å². The van der Waals surface area contributed by atoms with Crippen LogP contribution in [0.1, 0.15) is 31.0 Å². The van der Waals surface area contributed by atoms with Crippen LogP contribution < -0.4 is 24.9 Å². The number of thiazole rings is 1. The van der Waals surface area contributed by atoms with Gasteiger partial charge in [0.1, 0.15) is 5.75 Å². The van der Waals surface area contributed by atoms with Crippen molar-refractivity contribution in [3.8, 4) is 5.75 Å². The van der Waals surface area contributed by atoms with Crippen LogP contribution in [0.4, 0.5) is 5.69 Å². The standard InChI is InChI=1S/C29H24BrN3O3S/c1-3-36-23-15-11-20(12-16-23)26-25(27(34)32-22-7-5-4-6-8-22)18(2)31-29-33(26)28(35)24(37-29)17-19-9-13-21(30)14-10-19/h4-17,26H,3H2,1-2H3,(H,32,34)/b24-17-/t26-/m1/s1. The lowest BCUT2D eigenvalue weighted by Crippen LogP contribution is -2.40. The summed E-state index contributed by atoms with van der Waals surface area (Å²) in [5.74, 6) is 0.429. The number of amides is 1. The lowest BCUT2D eigenvalue weighted by molar-refractivity contribution is -0.113. The molecule has 186 valence electrons. The molecule has 1 aliphatic rings. The maximum absolute atomic E-state index is 13.8. The summed E-state index contributed by atoms with van der Waals surface area (Å²) >= 11 is 4.76. The van der Waals surface area contributed by atoms with Gasteiger partial charge in [0.15, 0.2) is 4.80 Å². The van der Waals surface area contributed by atoms with Crippen molar-refractivity contribution >= 4 is 44.9 Å². The highest BCUT2D eigenvalue weighted by Crippen LogP contribution is 2.31. The van der Waals surface area contributed by atoms with E-state index in [0.717, 1.165) is 21.3 Å². The maximum Gasteiger partial charge on any atom is 0.271 e. The topological polar surface area (TPSA) is 72.7 Å². The molecule has 0 saturated heterocycles. The van der Waals surface area contributed by atoms with Gasteiger partial charge in [0.25, 0.3) is 11.5 Å². The normalized spacial score (nSPS) is 15.2. The second kappa shape index (κ2) is 10.7. The molecule has 0 radical (unpaired) electrons. The minimum atomic E-state index is -0.636. The van der Waals surface area contributed by atoms with Crippen LogP contribution in [0.2, 0.25) is 0 Å². The first-order valence-electron chi connectivity index (χ1n) is 11.8. The summed E-state index contributed by atoms with van der Waals surface area (Å²) < 4.78 is 8.75. The van der Waals surface area contributed by atoms with Gasteiger partial charge in [-0.25, -0.2) is 4.99 Å². The van der Waals surface area contributed by atoms with E-state index in [1.54, 1.807) is 4.57 Å². The van der Waals surface area contributed by atoms with Gasteiger partial charge in [-0.1, -0.05) is 69.7 Å². The number of hydrogen-bond acceptors (Lipinski definition) is 5. The van der Waals surface area contributed by atoms with Crippen LogP contribution >= 0.6 is 27.3 Å². The van der Waals surface area contributed by atoms with Gasteiger partial charge in [0.05, 0.1) is 28.5 Å². The molecule has 8 heteroatoms. The number of halogens is 1. The zero-order valence-electron chi connectivity index (χ0n) is 20.3. The number of rotatable bonds is 6. The van der Waals surface area contributed by atoms with Crippen molar-refractivity contribution in [1.82, 2.24) is 4.57 Å². The van der Waals surface area contributed by atoms with Gasteiger partial charge in [0.2, 0.25) is 0 Å². The van der Waals surface area contributed by atoms with E-state index in [4.69, 9.17) is 9.73 Å². The van der Waals surface area contributed by atoms with E-state index in [2.05, 4.69) is 21.2 Å². The summed E-state index contributed by atoms with van der Waals surface area (Å²) in [6.45, 7) is 4.29. The Kier molecular flexibility index (Phi) is 7.21. The summed E-state index contributed by atoms with van der Waals surface area (Å²) in [4.78, 5) is 32.6. The molecule has 0 spiro atoms. The molecule has 4 aromatic rings. The Morgan fingerprint density at radius 3 is 2.46 bits per heavy atom. The van der Waals surface area contributed by atoms with Gasteiger partial charge in [0, 0.05) is 10.2 Å². The number of benzene rings is 3. The summed E-state index contributed by atoms with van der Waals surface area (Å²) in [6.07, 6.45) is 1.86. The minimum Gasteiger partial charge on any atom is -0.494 e. The molecule has 6 nitrogen and oxygen atoms in total. The van der Waals surface area contributed by atoms with Gasteiger partial charge >= 0.3 is 0 Å². The molecule has 1 aliphatic heterocycles. The fourth-order valence-corrected chi connectivity index (χ4v) is 5.58. The lowest BCUT2D eigenvalue weighted by Gasteiger charge is -2.25. The van der Waals surface area contributed by atoms with E-state index in [9.17, 15) is 9.59 Å². The van der Waals surface area contributed by atoms with Crippen LogP contribution in [0, 0.1) is 0 Å². The van der Waals surface area contributed by atoms with E-state index in [1.807, 2.05) is 98.8 Å². The molecular formula is C29H24BrN3O3S. The van der Waals surface area contributed by atoms with Crippen LogP contribution in [0.3, 0.4) is 0 Å². The Morgan fingerprint density at radius 2 is 1.78 bits per heavy atom. The van der Waals surface area contributed by atoms with Gasteiger partial charge in [-0.3, -0.25) is 14.2 Å². The third kappa shape index (κ3) is 5.21. The number of carbonyl (C=O) groups is 1. The predicted molar refractivity (Wildman–Crippen MR) is 151 cm³/mol. The number of ether oxygens (including phenoxy) is 1. The molecule has 37 heavy (non-hydrogen) atoms. The fraction of sp³-hybridized carbons (Fsp3) is 0.138. The average molecular weight is 575 g/mol. The summed E-state index contributed by atoms with van der Waals surface area (Å²) in [5.41, 5.74) is 3.18. The van der Waals surface area contributed by atoms with Gasteiger partial charge < -0.3 is 10.1 Å². The second-order valence-electron chi connectivity index (χ2n) is 8.46. The third-order valence-corrected chi connectivity index (χ3v) is 7.48. The van der Waals surface area contributed by atoms with Crippen molar-refractivity contribution in [3.63, 3.8) is 0 Å². The van der Waals surface area contributed by atoms with E-state index in [1.165, 1.54) is 11.3 Å². The van der Waals surface area contributed by atoms with Crippen LogP contribution in [0.25, 0.3) is 6.08 Å². The SMILES string of the molecule is CCOc1ccc([C@@H]2C(C(=O)Nc3ccccc3)=C(C)N=c3s/c(=C\c4ccc(Br)cc4)c(=O)n32)cc1. The highest BCUT2D eigenvalue weighted by atomic mass is 79.9. The Labute approximate surface area is 226 Å². The Bertz CT molecular complexity index is 1650. The van der Waals surface area contributed by atoms with Gasteiger partial charge in [-0.05, 0) is 67.4 Å². The molecule has 0 unspecified atom stereocenters. The quantitative estimate of drug-likeness (QED) is 0.351. The monoisotopic (exact) mass is 573 g/mol. The van der Waals surface area contributed by atoms with Crippen molar-refractivity contribution in [2.45, 2.75) is 19.9 Å². The molecule has 1 aromatic heterocycles. The van der Waals surface area contributed by atoms with Crippen LogP contribution in [-0.4, -0.2) is 17.1 Å². The number of nitrogens with one attached hydrogen (secondary N) is 1. The molecule has 2 heterocycles. The summed E-state index contributed by atoms with van der Waals surface area (Å²) in [6, 6.07) is 23.9. The van der Waals surface area contributed by atoms with E-state index < -0.39 is 6.04 Å². The molecule has 1 atom stereocenters. The van der Waals surface area contributed by atoms with Crippen molar-refractivity contribution in [2.75, 3.05) is 11.9 Å². The highest BCUT2D eigenvalue weighted by molar-refractivity contribution is 9.10. The molecule has 0 bridgehead atoms. The third-order valence-electron chi connectivity index (χ3n) is 5.97. The Balaban J connectivity index is 1.65. The second-order valence-corrected chi connectivity index (χ2v) is 10.4. The van der Waals surface area contributed by atoms with Crippen molar-refractivity contribution in [3.05, 3.63) is 125 Å². The smallest absolute Gasteiger partial charge is 0.271 e. The number of nitrogens with zero attached hydrogens (tertiary/aromatic N) is 2. The number of allylic oxidation sites excluding steroid dienone is 1.